The molecular weight excluding hydrogens is 382 g/mol. The van der Waals surface area contributed by atoms with Crippen molar-refractivity contribution in [3.63, 3.8) is 0 Å². The van der Waals surface area contributed by atoms with E-state index in [1.807, 2.05) is 13.8 Å². The Balaban J connectivity index is 2.18. The van der Waals surface area contributed by atoms with Gasteiger partial charge < -0.3 is 10.5 Å². The summed E-state index contributed by atoms with van der Waals surface area (Å²) in [5.74, 6) is -1.59. The van der Waals surface area contributed by atoms with E-state index in [1.165, 1.54) is 11.3 Å². The molecule has 0 aromatic carbocycles. The van der Waals surface area contributed by atoms with Crippen molar-refractivity contribution in [1.29, 1.82) is 0 Å². The van der Waals surface area contributed by atoms with Crippen LogP contribution in [0, 0.1) is 0 Å². The fraction of sp³-hybridized carbons (Fsp3) is 0.474. The minimum atomic E-state index is -0.884. The van der Waals surface area contributed by atoms with Crippen LogP contribution in [-0.2, 0) is 24.1 Å². The molecule has 2 heterocycles. The lowest BCUT2D eigenvalue weighted by Gasteiger charge is -2.11. The molecule has 0 amide bonds. The number of esters is 1. The number of anilines is 1. The van der Waals surface area contributed by atoms with E-state index in [9.17, 15) is 19.2 Å². The van der Waals surface area contributed by atoms with Crippen LogP contribution in [0.15, 0.2) is 15.7 Å². The average molecular weight is 407 g/mol. The molecule has 28 heavy (non-hydrogen) atoms. The zero-order chi connectivity index (χ0) is 20.8. The van der Waals surface area contributed by atoms with E-state index in [4.69, 9.17) is 10.5 Å². The van der Waals surface area contributed by atoms with Crippen LogP contribution >= 0.6 is 11.3 Å². The van der Waals surface area contributed by atoms with E-state index >= 15 is 0 Å². The maximum absolute atomic E-state index is 12.4. The Kier molecular flexibility index (Phi) is 7.33. The van der Waals surface area contributed by atoms with Gasteiger partial charge in [-0.05, 0) is 30.9 Å². The molecule has 0 atom stereocenters. The lowest BCUT2D eigenvalue weighted by molar-refractivity contribution is 0.0479. The number of ether oxygens (including phenoxy) is 1. The molecule has 0 aliphatic carbocycles. The molecule has 8 nitrogen and oxygen atoms in total. The summed E-state index contributed by atoms with van der Waals surface area (Å²) in [6.45, 7) is 5.55. The van der Waals surface area contributed by atoms with E-state index in [0.717, 1.165) is 34.3 Å². The normalized spacial score (nSPS) is 10.8. The standard InChI is InChI=1S/C19H25N3O5S/c1-4-7-13-11(6-3)9-14(28-13)18(25)27-10-12(23)15-16(20)22(8-5-2)19(26)21-17(15)24/h9H,4-8,10,20H2,1-3H3,(H,21,24,26). The summed E-state index contributed by atoms with van der Waals surface area (Å²) >= 11 is 1.36. The molecule has 0 unspecified atom stereocenters. The second-order valence-electron chi connectivity index (χ2n) is 6.33. The summed E-state index contributed by atoms with van der Waals surface area (Å²) in [5, 5.41) is 0. The van der Waals surface area contributed by atoms with Gasteiger partial charge >= 0.3 is 11.7 Å². The molecule has 0 saturated carbocycles. The molecule has 3 N–H and O–H groups in total. The molecule has 2 aromatic rings. The first kappa shape index (κ1) is 21.6. The Morgan fingerprint density at radius 1 is 1.21 bits per heavy atom. The van der Waals surface area contributed by atoms with Gasteiger partial charge in [0.15, 0.2) is 6.61 Å². The van der Waals surface area contributed by atoms with Crippen molar-refractivity contribution in [2.75, 3.05) is 12.3 Å². The summed E-state index contributed by atoms with van der Waals surface area (Å²) in [4.78, 5) is 52.2. The smallest absolute Gasteiger partial charge is 0.348 e. The highest BCUT2D eigenvalue weighted by atomic mass is 32.1. The summed E-state index contributed by atoms with van der Waals surface area (Å²) in [6, 6.07) is 1.78. The van der Waals surface area contributed by atoms with Crippen molar-refractivity contribution < 1.29 is 14.3 Å². The number of H-pyrrole nitrogens is 1. The van der Waals surface area contributed by atoms with E-state index < -0.39 is 29.6 Å². The lowest BCUT2D eigenvalue weighted by atomic mass is 10.1. The number of carbonyl (C=O) groups excluding carboxylic acids is 2. The number of nitrogens with zero attached hydrogens (tertiary/aromatic N) is 1. The van der Waals surface area contributed by atoms with Gasteiger partial charge in [-0.1, -0.05) is 27.2 Å². The number of nitrogen functional groups attached to an aromatic ring is 1. The molecule has 0 bridgehead atoms. The van der Waals surface area contributed by atoms with Gasteiger partial charge in [0.25, 0.3) is 5.56 Å². The lowest BCUT2D eigenvalue weighted by Crippen LogP contribution is -2.37. The summed E-state index contributed by atoms with van der Waals surface area (Å²) in [5.41, 5.74) is 5.02. The second-order valence-corrected chi connectivity index (χ2v) is 7.47. The number of hydrogen-bond donors (Lipinski definition) is 2. The molecule has 2 aromatic heterocycles. The van der Waals surface area contributed by atoms with Crippen LogP contribution in [0.1, 0.15) is 64.1 Å². The van der Waals surface area contributed by atoms with Crippen LogP contribution in [0.2, 0.25) is 0 Å². The SMILES string of the molecule is CCCc1sc(C(=O)OCC(=O)c2c(N)n(CCC)c(=O)[nH]c2=O)cc1CC. The first-order chi connectivity index (χ1) is 13.3. The monoisotopic (exact) mass is 407 g/mol. The van der Waals surface area contributed by atoms with Crippen LogP contribution < -0.4 is 17.0 Å². The molecule has 0 aliphatic heterocycles. The van der Waals surface area contributed by atoms with Crippen LogP contribution in [0.4, 0.5) is 5.82 Å². The number of aryl methyl sites for hydroxylation is 2. The molecule has 0 saturated heterocycles. The summed E-state index contributed by atoms with van der Waals surface area (Å²) in [6.07, 6.45) is 3.25. The van der Waals surface area contributed by atoms with Gasteiger partial charge in [-0.15, -0.1) is 11.3 Å². The van der Waals surface area contributed by atoms with Crippen molar-refractivity contribution in [3.05, 3.63) is 47.8 Å². The largest absolute Gasteiger partial charge is 0.453 e. The molecule has 152 valence electrons. The van der Waals surface area contributed by atoms with Crippen molar-refractivity contribution >= 4 is 28.9 Å². The first-order valence-corrected chi connectivity index (χ1v) is 10.1. The number of aromatic amines is 1. The number of hydrogen-bond acceptors (Lipinski definition) is 7. The van der Waals surface area contributed by atoms with Crippen LogP contribution in [0.3, 0.4) is 0 Å². The van der Waals surface area contributed by atoms with Crippen molar-refractivity contribution in [1.82, 2.24) is 9.55 Å². The van der Waals surface area contributed by atoms with Gasteiger partial charge in [0, 0.05) is 11.4 Å². The maximum Gasteiger partial charge on any atom is 0.348 e. The fourth-order valence-electron chi connectivity index (χ4n) is 2.88. The van der Waals surface area contributed by atoms with E-state index in [-0.39, 0.29) is 17.9 Å². The van der Waals surface area contributed by atoms with Gasteiger partial charge in [0.2, 0.25) is 5.78 Å². The molecule has 2 rings (SSSR count). The predicted octanol–water partition coefficient (Wildman–Crippen LogP) is 2.14. The van der Waals surface area contributed by atoms with E-state index in [0.29, 0.717) is 11.3 Å². The Morgan fingerprint density at radius 3 is 2.54 bits per heavy atom. The number of aromatic nitrogens is 2. The zero-order valence-electron chi connectivity index (χ0n) is 16.3. The Labute approximate surface area is 166 Å². The number of ketones is 1. The van der Waals surface area contributed by atoms with Gasteiger partial charge in [-0.2, -0.15) is 0 Å². The molecule has 0 aliphatic rings. The van der Waals surface area contributed by atoms with E-state index in [2.05, 4.69) is 11.9 Å². The number of carbonyl (C=O) groups is 2. The van der Waals surface area contributed by atoms with Crippen molar-refractivity contribution in [2.24, 2.45) is 0 Å². The van der Waals surface area contributed by atoms with Crippen LogP contribution in [-0.4, -0.2) is 27.9 Å². The summed E-state index contributed by atoms with van der Waals surface area (Å²) in [7, 11) is 0. The topological polar surface area (TPSA) is 124 Å². The summed E-state index contributed by atoms with van der Waals surface area (Å²) < 4.78 is 6.23. The van der Waals surface area contributed by atoms with Crippen molar-refractivity contribution in [2.45, 2.75) is 53.0 Å². The fourth-order valence-corrected chi connectivity index (χ4v) is 4.13. The molecule has 9 heteroatoms. The third-order valence-electron chi connectivity index (χ3n) is 4.26. The zero-order valence-corrected chi connectivity index (χ0v) is 17.1. The third kappa shape index (κ3) is 4.59. The Morgan fingerprint density at radius 2 is 1.93 bits per heavy atom. The Bertz CT molecular complexity index is 986. The maximum atomic E-state index is 12.4. The van der Waals surface area contributed by atoms with Crippen LogP contribution in [0.25, 0.3) is 0 Å². The van der Waals surface area contributed by atoms with Crippen molar-refractivity contribution in [3.8, 4) is 0 Å². The minimum absolute atomic E-state index is 0.216. The van der Waals surface area contributed by atoms with Gasteiger partial charge in [-0.25, -0.2) is 9.59 Å². The number of Topliss-reactive ketones (excluding diaryl/α,β-unsaturated/α-hetero) is 1. The van der Waals surface area contributed by atoms with E-state index in [1.54, 1.807) is 6.07 Å². The Hall–Kier alpha value is -2.68. The third-order valence-corrected chi connectivity index (χ3v) is 5.47. The highest BCUT2D eigenvalue weighted by Gasteiger charge is 2.22. The molecule has 0 fully saturated rings. The first-order valence-electron chi connectivity index (χ1n) is 9.28. The highest BCUT2D eigenvalue weighted by molar-refractivity contribution is 7.14. The second kappa shape index (κ2) is 9.50. The average Bonchev–Trinajstić information content (AvgIpc) is 3.06. The molecule has 0 spiro atoms. The van der Waals surface area contributed by atoms with Gasteiger partial charge in [-0.3, -0.25) is 19.1 Å². The van der Waals surface area contributed by atoms with Crippen LogP contribution in [0.5, 0.6) is 0 Å². The number of nitrogens with two attached hydrogens (primary N) is 1. The van der Waals surface area contributed by atoms with Gasteiger partial charge in [0.1, 0.15) is 16.3 Å². The van der Waals surface area contributed by atoms with Gasteiger partial charge in [0.05, 0.1) is 0 Å². The molecule has 0 radical (unpaired) electrons. The predicted molar refractivity (Wildman–Crippen MR) is 108 cm³/mol. The minimum Gasteiger partial charge on any atom is -0.453 e. The number of nitrogens with one attached hydrogen (secondary N) is 1. The number of rotatable bonds is 9. The number of thiophene rings is 1. The molecular formula is C19H25N3O5S. The quantitative estimate of drug-likeness (QED) is 0.485. The highest BCUT2D eigenvalue weighted by Crippen LogP contribution is 2.25.